The van der Waals surface area contributed by atoms with Gasteiger partial charge < -0.3 is 0 Å². The Labute approximate surface area is 93.6 Å². The number of aromatic amines is 1. The molecule has 0 spiro atoms. The largest absolute Gasteiger partial charge is 0.263 e. The zero-order valence-electron chi connectivity index (χ0n) is 9.08. The summed E-state index contributed by atoms with van der Waals surface area (Å²) in [5.74, 6) is 1.82. The molecule has 2 aromatic heterocycles. The molecule has 0 amide bonds. The molecule has 0 saturated carbocycles. The fourth-order valence-corrected chi connectivity index (χ4v) is 2.32. The van der Waals surface area contributed by atoms with Crippen LogP contribution in [0.5, 0.6) is 0 Å². The van der Waals surface area contributed by atoms with Crippen molar-refractivity contribution in [1.29, 1.82) is 0 Å². The zero-order valence-corrected chi connectivity index (χ0v) is 9.90. The van der Waals surface area contributed by atoms with E-state index in [2.05, 4.69) is 41.2 Å². The first-order valence-corrected chi connectivity index (χ1v) is 6.15. The Bertz CT molecular complexity index is 430. The monoisotopic (exact) mass is 221 g/mol. The molecule has 15 heavy (non-hydrogen) atoms. The van der Waals surface area contributed by atoms with Gasteiger partial charge in [0, 0.05) is 11.3 Å². The van der Waals surface area contributed by atoms with Gasteiger partial charge in [-0.3, -0.25) is 5.10 Å². The molecule has 0 atom stereocenters. The summed E-state index contributed by atoms with van der Waals surface area (Å²) in [6.07, 6.45) is 3.15. The molecule has 0 bridgehead atoms. The van der Waals surface area contributed by atoms with Gasteiger partial charge in [-0.1, -0.05) is 13.8 Å². The summed E-state index contributed by atoms with van der Waals surface area (Å²) in [5.41, 5.74) is 0. The lowest BCUT2D eigenvalue weighted by molar-refractivity contribution is 0.841. The highest BCUT2D eigenvalue weighted by Gasteiger charge is 2.07. The predicted molar refractivity (Wildman–Crippen MR) is 63.1 cm³/mol. The van der Waals surface area contributed by atoms with Crippen LogP contribution >= 0.6 is 11.3 Å². The van der Waals surface area contributed by atoms with Crippen molar-refractivity contribution in [3.8, 4) is 10.7 Å². The Kier molecular flexibility index (Phi) is 3.16. The Hall–Kier alpha value is -1.16. The van der Waals surface area contributed by atoms with Crippen LogP contribution in [0.25, 0.3) is 10.7 Å². The quantitative estimate of drug-likeness (QED) is 0.862. The molecule has 3 nitrogen and oxygen atoms in total. The van der Waals surface area contributed by atoms with E-state index in [0.29, 0.717) is 0 Å². The second-order valence-corrected chi connectivity index (χ2v) is 4.64. The number of thiophene rings is 1. The highest BCUT2D eigenvalue weighted by molar-refractivity contribution is 7.15. The Morgan fingerprint density at radius 1 is 1.33 bits per heavy atom. The molecule has 0 aliphatic rings. The first kappa shape index (κ1) is 10.4. The molecule has 2 heterocycles. The molecule has 2 aromatic rings. The second-order valence-electron chi connectivity index (χ2n) is 3.48. The van der Waals surface area contributed by atoms with Gasteiger partial charge in [-0.2, -0.15) is 5.10 Å². The molecule has 0 aliphatic heterocycles. The Morgan fingerprint density at radius 2 is 2.20 bits per heavy atom. The number of rotatable bonds is 4. The van der Waals surface area contributed by atoms with Gasteiger partial charge in [0.15, 0.2) is 5.82 Å². The first-order valence-electron chi connectivity index (χ1n) is 5.33. The van der Waals surface area contributed by atoms with Crippen LogP contribution in [0, 0.1) is 0 Å². The van der Waals surface area contributed by atoms with Crippen molar-refractivity contribution in [2.45, 2.75) is 33.1 Å². The van der Waals surface area contributed by atoms with E-state index in [1.165, 1.54) is 4.88 Å². The van der Waals surface area contributed by atoms with Gasteiger partial charge in [0.25, 0.3) is 0 Å². The lowest BCUT2D eigenvalue weighted by Crippen LogP contribution is -1.84. The Morgan fingerprint density at radius 3 is 2.87 bits per heavy atom. The smallest absolute Gasteiger partial charge is 0.191 e. The van der Waals surface area contributed by atoms with Crippen molar-refractivity contribution in [2.75, 3.05) is 0 Å². The SMILES string of the molecule is CCCc1nc(-c2ccc(CC)s2)n[nH]1. The third-order valence-corrected chi connectivity index (χ3v) is 3.47. The molecule has 0 aromatic carbocycles. The van der Waals surface area contributed by atoms with E-state index in [1.807, 2.05) is 0 Å². The summed E-state index contributed by atoms with van der Waals surface area (Å²) < 4.78 is 0. The van der Waals surface area contributed by atoms with Gasteiger partial charge in [0.05, 0.1) is 4.88 Å². The molecule has 0 saturated heterocycles. The van der Waals surface area contributed by atoms with Crippen molar-refractivity contribution in [3.05, 3.63) is 22.8 Å². The van der Waals surface area contributed by atoms with Gasteiger partial charge in [-0.15, -0.1) is 11.3 Å². The minimum Gasteiger partial charge on any atom is -0.263 e. The van der Waals surface area contributed by atoms with Gasteiger partial charge in [0.2, 0.25) is 0 Å². The number of nitrogens with one attached hydrogen (secondary N) is 1. The van der Waals surface area contributed by atoms with Crippen LogP contribution in [0.4, 0.5) is 0 Å². The van der Waals surface area contributed by atoms with E-state index in [0.717, 1.165) is 35.8 Å². The first-order chi connectivity index (χ1) is 7.33. The van der Waals surface area contributed by atoms with E-state index in [9.17, 15) is 0 Å². The van der Waals surface area contributed by atoms with Gasteiger partial charge in [-0.05, 0) is 25.0 Å². The molecule has 80 valence electrons. The summed E-state index contributed by atoms with van der Waals surface area (Å²) in [4.78, 5) is 7.00. The predicted octanol–water partition coefficient (Wildman–Crippen LogP) is 3.05. The van der Waals surface area contributed by atoms with E-state index >= 15 is 0 Å². The molecule has 0 fully saturated rings. The third kappa shape index (κ3) is 2.26. The fourth-order valence-electron chi connectivity index (χ4n) is 1.44. The maximum atomic E-state index is 4.46. The number of hydrogen-bond acceptors (Lipinski definition) is 3. The third-order valence-electron chi connectivity index (χ3n) is 2.25. The maximum Gasteiger partial charge on any atom is 0.191 e. The minimum atomic E-state index is 0.836. The molecule has 4 heteroatoms. The zero-order chi connectivity index (χ0) is 10.7. The fraction of sp³-hybridized carbons (Fsp3) is 0.455. The second kappa shape index (κ2) is 4.57. The van der Waals surface area contributed by atoms with Crippen LogP contribution in [0.15, 0.2) is 12.1 Å². The average molecular weight is 221 g/mol. The van der Waals surface area contributed by atoms with Gasteiger partial charge >= 0.3 is 0 Å². The summed E-state index contributed by atoms with van der Waals surface area (Å²) in [6, 6.07) is 4.25. The number of nitrogens with zero attached hydrogens (tertiary/aromatic N) is 2. The molecule has 0 radical (unpaired) electrons. The standard InChI is InChI=1S/C11H15N3S/c1-3-5-10-12-11(14-13-10)9-7-6-8(4-2)15-9/h6-7H,3-5H2,1-2H3,(H,12,13,14). The molecule has 2 rings (SSSR count). The van der Waals surface area contributed by atoms with Gasteiger partial charge in [0.1, 0.15) is 5.82 Å². The van der Waals surface area contributed by atoms with E-state index in [4.69, 9.17) is 0 Å². The number of hydrogen-bond donors (Lipinski definition) is 1. The highest BCUT2D eigenvalue weighted by Crippen LogP contribution is 2.25. The lowest BCUT2D eigenvalue weighted by Gasteiger charge is -1.87. The maximum absolute atomic E-state index is 4.46. The van der Waals surface area contributed by atoms with Crippen molar-refractivity contribution in [2.24, 2.45) is 0 Å². The van der Waals surface area contributed by atoms with Crippen molar-refractivity contribution in [3.63, 3.8) is 0 Å². The molecule has 1 N–H and O–H groups in total. The molecular formula is C11H15N3S. The van der Waals surface area contributed by atoms with Crippen LogP contribution in [0.1, 0.15) is 31.0 Å². The number of aromatic nitrogens is 3. The summed E-state index contributed by atoms with van der Waals surface area (Å²) >= 11 is 1.77. The van der Waals surface area contributed by atoms with Crippen LogP contribution < -0.4 is 0 Å². The van der Waals surface area contributed by atoms with Gasteiger partial charge in [-0.25, -0.2) is 4.98 Å². The van der Waals surface area contributed by atoms with E-state index < -0.39 is 0 Å². The van der Waals surface area contributed by atoms with E-state index in [-0.39, 0.29) is 0 Å². The lowest BCUT2D eigenvalue weighted by atomic mass is 10.3. The van der Waals surface area contributed by atoms with Crippen LogP contribution in [-0.2, 0) is 12.8 Å². The average Bonchev–Trinajstić information content (AvgIpc) is 2.85. The van der Waals surface area contributed by atoms with Crippen LogP contribution in [0.2, 0.25) is 0 Å². The number of H-pyrrole nitrogens is 1. The number of aryl methyl sites for hydroxylation is 2. The van der Waals surface area contributed by atoms with E-state index in [1.54, 1.807) is 11.3 Å². The Balaban J connectivity index is 2.21. The molecular weight excluding hydrogens is 206 g/mol. The molecule has 0 aliphatic carbocycles. The highest BCUT2D eigenvalue weighted by atomic mass is 32.1. The minimum absolute atomic E-state index is 0.836. The topological polar surface area (TPSA) is 41.6 Å². The summed E-state index contributed by atoms with van der Waals surface area (Å²) in [7, 11) is 0. The van der Waals surface area contributed by atoms with Crippen molar-refractivity contribution in [1.82, 2.24) is 15.2 Å². The van der Waals surface area contributed by atoms with Crippen molar-refractivity contribution >= 4 is 11.3 Å². The summed E-state index contributed by atoms with van der Waals surface area (Å²) in [5, 5.41) is 7.20. The summed E-state index contributed by atoms with van der Waals surface area (Å²) in [6.45, 7) is 4.30. The van der Waals surface area contributed by atoms with Crippen LogP contribution in [0.3, 0.4) is 0 Å². The normalized spacial score (nSPS) is 10.8. The molecule has 0 unspecified atom stereocenters. The van der Waals surface area contributed by atoms with Crippen LogP contribution in [-0.4, -0.2) is 15.2 Å². The van der Waals surface area contributed by atoms with Crippen molar-refractivity contribution < 1.29 is 0 Å².